The lowest BCUT2D eigenvalue weighted by molar-refractivity contribution is -0.127. The molecule has 0 radical (unpaired) electrons. The molecule has 2 heterocycles. The van der Waals surface area contributed by atoms with Gasteiger partial charge in [-0.25, -0.2) is 0 Å². The van der Waals surface area contributed by atoms with E-state index in [4.69, 9.17) is 4.74 Å². The van der Waals surface area contributed by atoms with Crippen LogP contribution in [0.15, 0.2) is 24.3 Å². The predicted molar refractivity (Wildman–Crippen MR) is 99.7 cm³/mol. The number of benzene rings is 1. The molecule has 0 spiro atoms. The maximum absolute atomic E-state index is 12.7. The van der Waals surface area contributed by atoms with E-state index in [0.717, 1.165) is 37.2 Å². The van der Waals surface area contributed by atoms with Gasteiger partial charge in [0, 0.05) is 24.7 Å². The van der Waals surface area contributed by atoms with E-state index in [9.17, 15) is 4.79 Å². The van der Waals surface area contributed by atoms with E-state index in [1.54, 1.807) is 7.11 Å². The molecule has 2 fully saturated rings. The molecule has 2 saturated heterocycles. The average molecular weight is 345 g/mol. The van der Waals surface area contributed by atoms with Crippen molar-refractivity contribution in [2.45, 2.75) is 38.3 Å². The Kier molecular flexibility index (Phi) is 6.32. The highest BCUT2D eigenvalue weighted by atomic mass is 16.5. The Morgan fingerprint density at radius 1 is 1.20 bits per heavy atom. The number of nitrogens with zero attached hydrogens (tertiary/aromatic N) is 2. The Morgan fingerprint density at radius 2 is 1.96 bits per heavy atom. The first-order chi connectivity index (χ1) is 12.2. The molecule has 5 nitrogen and oxygen atoms in total. The second-order valence-electron chi connectivity index (χ2n) is 7.40. The van der Waals surface area contributed by atoms with E-state index < -0.39 is 0 Å². The normalized spacial score (nSPS) is 23.4. The minimum absolute atomic E-state index is 0.114. The first-order valence-electron chi connectivity index (χ1n) is 9.49. The van der Waals surface area contributed by atoms with Crippen molar-refractivity contribution < 1.29 is 9.53 Å². The molecule has 1 atom stereocenters. The van der Waals surface area contributed by atoms with Crippen LogP contribution in [0.1, 0.15) is 31.2 Å². The minimum Gasteiger partial charge on any atom is -0.496 e. The van der Waals surface area contributed by atoms with Gasteiger partial charge in [-0.05, 0) is 58.4 Å². The van der Waals surface area contributed by atoms with Crippen LogP contribution in [0.3, 0.4) is 0 Å². The fraction of sp³-hybridized carbons (Fsp3) is 0.650. The lowest BCUT2D eigenvalue weighted by Gasteiger charge is -2.41. The molecule has 0 saturated carbocycles. The van der Waals surface area contributed by atoms with Crippen molar-refractivity contribution in [2.75, 3.05) is 40.3 Å². The molecule has 1 N–H and O–H groups in total. The summed E-state index contributed by atoms with van der Waals surface area (Å²) in [6.07, 6.45) is 4.58. The third-order valence-corrected chi connectivity index (χ3v) is 5.67. The summed E-state index contributed by atoms with van der Waals surface area (Å²) >= 11 is 0. The summed E-state index contributed by atoms with van der Waals surface area (Å²) < 4.78 is 5.36. The molecule has 138 valence electrons. The molecular formula is C20H31N3O2. The number of ether oxygens (including phenoxy) is 1. The van der Waals surface area contributed by atoms with Crippen molar-refractivity contribution in [1.82, 2.24) is 15.1 Å². The minimum atomic E-state index is 0.114. The lowest BCUT2D eigenvalue weighted by Crippen LogP contribution is -2.50. The van der Waals surface area contributed by atoms with E-state index in [-0.39, 0.29) is 11.8 Å². The SMILES string of the molecule is COc1ccccc1CNC(=O)[C@H]1CCCN(C2CCN(C)CC2)C1. The Bertz CT molecular complexity index is 570. The van der Waals surface area contributed by atoms with Crippen molar-refractivity contribution in [2.24, 2.45) is 5.92 Å². The Morgan fingerprint density at radius 3 is 2.72 bits per heavy atom. The third-order valence-electron chi connectivity index (χ3n) is 5.67. The number of carbonyl (C=O) groups excluding carboxylic acids is 1. The van der Waals surface area contributed by atoms with Crippen molar-refractivity contribution >= 4 is 5.91 Å². The van der Waals surface area contributed by atoms with E-state index in [2.05, 4.69) is 22.2 Å². The molecule has 0 unspecified atom stereocenters. The monoisotopic (exact) mass is 345 g/mol. The summed E-state index contributed by atoms with van der Waals surface area (Å²) in [5, 5.41) is 3.12. The molecule has 1 amide bonds. The van der Waals surface area contributed by atoms with Gasteiger partial charge in [0.15, 0.2) is 0 Å². The van der Waals surface area contributed by atoms with Gasteiger partial charge < -0.3 is 15.0 Å². The lowest BCUT2D eigenvalue weighted by atomic mass is 9.93. The van der Waals surface area contributed by atoms with Crippen LogP contribution in [0, 0.1) is 5.92 Å². The van der Waals surface area contributed by atoms with Gasteiger partial charge in [0.1, 0.15) is 5.75 Å². The molecule has 3 rings (SSSR count). The van der Waals surface area contributed by atoms with Gasteiger partial charge in [-0.3, -0.25) is 9.69 Å². The van der Waals surface area contributed by atoms with Gasteiger partial charge in [-0.1, -0.05) is 18.2 Å². The fourth-order valence-electron chi connectivity index (χ4n) is 4.09. The maximum Gasteiger partial charge on any atom is 0.224 e. The molecule has 2 aliphatic heterocycles. The average Bonchev–Trinajstić information content (AvgIpc) is 2.67. The number of methoxy groups -OCH3 is 1. The quantitative estimate of drug-likeness (QED) is 0.888. The number of carbonyl (C=O) groups is 1. The summed E-state index contributed by atoms with van der Waals surface area (Å²) in [6, 6.07) is 8.52. The van der Waals surface area contributed by atoms with E-state index in [1.165, 1.54) is 25.9 Å². The third kappa shape index (κ3) is 4.73. The number of likely N-dealkylation sites (tertiary alicyclic amines) is 2. The van der Waals surface area contributed by atoms with Gasteiger partial charge in [-0.15, -0.1) is 0 Å². The fourth-order valence-corrected chi connectivity index (χ4v) is 4.09. The smallest absolute Gasteiger partial charge is 0.224 e. The summed E-state index contributed by atoms with van der Waals surface area (Å²) in [5.41, 5.74) is 1.03. The van der Waals surface area contributed by atoms with Gasteiger partial charge in [0.2, 0.25) is 5.91 Å². The molecule has 0 aromatic heterocycles. The van der Waals surface area contributed by atoms with Crippen molar-refractivity contribution in [3.63, 3.8) is 0 Å². The highest BCUT2D eigenvalue weighted by Gasteiger charge is 2.31. The van der Waals surface area contributed by atoms with Crippen molar-refractivity contribution in [3.8, 4) is 5.75 Å². The van der Waals surface area contributed by atoms with Gasteiger partial charge in [0.05, 0.1) is 13.0 Å². The second-order valence-corrected chi connectivity index (χ2v) is 7.40. The molecule has 25 heavy (non-hydrogen) atoms. The largest absolute Gasteiger partial charge is 0.496 e. The van der Waals surface area contributed by atoms with Crippen LogP contribution in [0.2, 0.25) is 0 Å². The highest BCUT2D eigenvalue weighted by molar-refractivity contribution is 5.79. The highest BCUT2D eigenvalue weighted by Crippen LogP contribution is 2.24. The van der Waals surface area contributed by atoms with Crippen molar-refractivity contribution in [1.29, 1.82) is 0 Å². The van der Waals surface area contributed by atoms with E-state index in [1.807, 2.05) is 24.3 Å². The Balaban J connectivity index is 1.51. The second kappa shape index (κ2) is 8.68. The molecule has 5 heteroatoms. The van der Waals surface area contributed by atoms with Crippen LogP contribution >= 0.6 is 0 Å². The first kappa shape index (κ1) is 18.2. The van der Waals surface area contributed by atoms with Crippen molar-refractivity contribution in [3.05, 3.63) is 29.8 Å². The Labute approximate surface area is 151 Å². The number of piperidine rings is 2. The summed E-state index contributed by atoms with van der Waals surface area (Å²) in [6.45, 7) is 4.93. The predicted octanol–water partition coefficient (Wildman–Crippen LogP) is 2.12. The van der Waals surface area contributed by atoms with Crippen LogP contribution in [-0.2, 0) is 11.3 Å². The standard InChI is InChI=1S/C20H31N3O2/c1-22-12-9-18(10-13-22)23-11-5-7-17(15-23)20(24)21-14-16-6-3-4-8-19(16)25-2/h3-4,6,8,17-18H,5,7,9-15H2,1-2H3,(H,21,24)/t17-/m0/s1. The number of hydrogen-bond acceptors (Lipinski definition) is 4. The zero-order chi connectivity index (χ0) is 17.6. The number of nitrogens with one attached hydrogen (secondary N) is 1. The Hall–Kier alpha value is -1.59. The number of amides is 1. The van der Waals surface area contributed by atoms with Gasteiger partial charge >= 0.3 is 0 Å². The zero-order valence-corrected chi connectivity index (χ0v) is 15.5. The first-order valence-corrected chi connectivity index (χ1v) is 9.49. The van der Waals surface area contributed by atoms with Gasteiger partial charge in [-0.2, -0.15) is 0 Å². The zero-order valence-electron chi connectivity index (χ0n) is 15.5. The topological polar surface area (TPSA) is 44.8 Å². The van der Waals surface area contributed by atoms with Crippen LogP contribution in [0.25, 0.3) is 0 Å². The summed E-state index contributed by atoms with van der Waals surface area (Å²) in [7, 11) is 3.86. The summed E-state index contributed by atoms with van der Waals surface area (Å²) in [4.78, 5) is 17.6. The number of rotatable bonds is 5. The number of para-hydroxylation sites is 1. The number of hydrogen-bond donors (Lipinski definition) is 1. The van der Waals surface area contributed by atoms with Crippen LogP contribution in [0.5, 0.6) is 5.75 Å². The molecule has 1 aromatic rings. The van der Waals surface area contributed by atoms with Crippen LogP contribution < -0.4 is 10.1 Å². The summed E-state index contributed by atoms with van der Waals surface area (Å²) in [5.74, 6) is 1.13. The van der Waals surface area contributed by atoms with E-state index >= 15 is 0 Å². The molecule has 2 aliphatic rings. The van der Waals surface area contributed by atoms with Crippen LogP contribution in [-0.4, -0.2) is 62.1 Å². The maximum atomic E-state index is 12.7. The molecule has 0 aliphatic carbocycles. The van der Waals surface area contributed by atoms with E-state index in [0.29, 0.717) is 12.6 Å². The van der Waals surface area contributed by atoms with Gasteiger partial charge in [0.25, 0.3) is 0 Å². The van der Waals surface area contributed by atoms with Crippen LogP contribution in [0.4, 0.5) is 0 Å². The molecule has 1 aromatic carbocycles. The molecule has 0 bridgehead atoms. The molecular weight excluding hydrogens is 314 g/mol.